The standard InChI is InChI=1S/C16H20BrN3/c1-16(2)8-14(18-3)13-10-19-20(15(13)9-16)12-6-4-11(17)5-7-12/h4-7,10,14,18H,8-9H2,1-3H3. The van der Waals surface area contributed by atoms with E-state index in [2.05, 4.69) is 69.1 Å². The quantitative estimate of drug-likeness (QED) is 0.904. The third-order valence-electron chi connectivity index (χ3n) is 4.10. The summed E-state index contributed by atoms with van der Waals surface area (Å²) >= 11 is 3.48. The molecule has 0 saturated heterocycles. The van der Waals surface area contributed by atoms with E-state index in [1.54, 1.807) is 0 Å². The molecule has 0 amide bonds. The predicted octanol–water partition coefficient (Wildman–Crippen LogP) is 3.87. The minimum Gasteiger partial charge on any atom is -0.313 e. The Hall–Kier alpha value is -1.13. The predicted molar refractivity (Wildman–Crippen MR) is 85.2 cm³/mol. The Labute approximate surface area is 128 Å². The van der Waals surface area contributed by atoms with E-state index in [1.165, 1.54) is 11.3 Å². The van der Waals surface area contributed by atoms with Crippen LogP contribution < -0.4 is 5.32 Å². The number of halogens is 1. The number of aromatic nitrogens is 2. The molecule has 1 unspecified atom stereocenters. The van der Waals surface area contributed by atoms with Crippen LogP contribution in [-0.2, 0) is 6.42 Å². The van der Waals surface area contributed by atoms with Gasteiger partial charge in [0.1, 0.15) is 0 Å². The largest absolute Gasteiger partial charge is 0.313 e. The number of fused-ring (bicyclic) bond motifs is 1. The van der Waals surface area contributed by atoms with Gasteiger partial charge in [0.25, 0.3) is 0 Å². The molecule has 0 fully saturated rings. The van der Waals surface area contributed by atoms with E-state index in [1.807, 2.05) is 13.2 Å². The normalized spacial score (nSPS) is 20.7. The zero-order valence-electron chi connectivity index (χ0n) is 12.2. The molecule has 1 aromatic carbocycles. The van der Waals surface area contributed by atoms with Crippen LogP contribution in [0.25, 0.3) is 5.69 Å². The number of nitrogens with one attached hydrogen (secondary N) is 1. The summed E-state index contributed by atoms with van der Waals surface area (Å²) in [5, 5.41) is 8.05. The summed E-state index contributed by atoms with van der Waals surface area (Å²) in [6, 6.07) is 8.73. The second kappa shape index (κ2) is 5.01. The second-order valence-corrected chi connectivity index (χ2v) is 7.24. The summed E-state index contributed by atoms with van der Waals surface area (Å²) in [6.45, 7) is 4.67. The van der Waals surface area contributed by atoms with Crippen molar-refractivity contribution in [3.8, 4) is 5.69 Å². The molecule has 1 N–H and O–H groups in total. The molecule has 0 radical (unpaired) electrons. The number of rotatable bonds is 2. The van der Waals surface area contributed by atoms with Gasteiger partial charge < -0.3 is 5.32 Å². The Morgan fingerprint density at radius 1 is 1.30 bits per heavy atom. The van der Waals surface area contributed by atoms with Crippen LogP contribution in [0, 0.1) is 5.41 Å². The molecule has 0 bridgehead atoms. The van der Waals surface area contributed by atoms with Crippen molar-refractivity contribution in [2.75, 3.05) is 7.05 Å². The van der Waals surface area contributed by atoms with Crippen LogP contribution in [0.15, 0.2) is 34.9 Å². The summed E-state index contributed by atoms with van der Waals surface area (Å²) in [4.78, 5) is 0. The Kier molecular flexibility index (Phi) is 3.46. The van der Waals surface area contributed by atoms with Crippen molar-refractivity contribution in [2.24, 2.45) is 5.41 Å². The average Bonchev–Trinajstić information content (AvgIpc) is 2.81. The summed E-state index contributed by atoms with van der Waals surface area (Å²) in [5.74, 6) is 0. The van der Waals surface area contributed by atoms with Gasteiger partial charge in [0, 0.05) is 21.8 Å². The molecule has 20 heavy (non-hydrogen) atoms. The van der Waals surface area contributed by atoms with E-state index in [-0.39, 0.29) is 0 Å². The van der Waals surface area contributed by atoms with Crippen molar-refractivity contribution < 1.29 is 0 Å². The fourth-order valence-corrected chi connectivity index (χ4v) is 3.37. The first kappa shape index (κ1) is 13.8. The molecule has 1 atom stereocenters. The van der Waals surface area contributed by atoms with Gasteiger partial charge in [-0.05, 0) is 49.6 Å². The van der Waals surface area contributed by atoms with Crippen LogP contribution in [0.2, 0.25) is 0 Å². The highest BCUT2D eigenvalue weighted by Gasteiger charge is 2.34. The first-order valence-electron chi connectivity index (χ1n) is 7.00. The lowest BCUT2D eigenvalue weighted by Gasteiger charge is -2.35. The van der Waals surface area contributed by atoms with Crippen LogP contribution in [0.3, 0.4) is 0 Å². The molecule has 3 rings (SSSR count). The van der Waals surface area contributed by atoms with E-state index >= 15 is 0 Å². The number of hydrogen-bond donors (Lipinski definition) is 1. The van der Waals surface area contributed by atoms with Crippen LogP contribution in [0.1, 0.15) is 37.6 Å². The van der Waals surface area contributed by atoms with Crippen LogP contribution >= 0.6 is 15.9 Å². The number of hydrogen-bond acceptors (Lipinski definition) is 2. The van der Waals surface area contributed by atoms with Crippen LogP contribution in [0.5, 0.6) is 0 Å². The van der Waals surface area contributed by atoms with Gasteiger partial charge in [-0.25, -0.2) is 4.68 Å². The number of benzene rings is 1. The second-order valence-electron chi connectivity index (χ2n) is 6.32. The van der Waals surface area contributed by atoms with E-state index < -0.39 is 0 Å². The van der Waals surface area contributed by atoms with Gasteiger partial charge in [-0.1, -0.05) is 29.8 Å². The Morgan fingerprint density at radius 2 is 2.00 bits per heavy atom. The molecule has 1 heterocycles. The average molecular weight is 334 g/mol. The molecule has 1 aliphatic carbocycles. The van der Waals surface area contributed by atoms with Crippen molar-refractivity contribution >= 4 is 15.9 Å². The maximum absolute atomic E-state index is 4.62. The van der Waals surface area contributed by atoms with E-state index in [0.29, 0.717) is 11.5 Å². The summed E-state index contributed by atoms with van der Waals surface area (Å²) < 4.78 is 3.18. The first-order valence-corrected chi connectivity index (χ1v) is 7.79. The maximum atomic E-state index is 4.62. The van der Waals surface area contributed by atoms with Crippen molar-refractivity contribution in [3.63, 3.8) is 0 Å². The Balaban J connectivity index is 2.08. The minimum absolute atomic E-state index is 0.299. The first-order chi connectivity index (χ1) is 9.50. The highest BCUT2D eigenvalue weighted by Crippen LogP contribution is 2.41. The van der Waals surface area contributed by atoms with Gasteiger partial charge in [-0.15, -0.1) is 0 Å². The molecule has 1 aromatic heterocycles. The summed E-state index contributed by atoms with van der Waals surface area (Å²) in [5.41, 5.74) is 4.10. The summed E-state index contributed by atoms with van der Waals surface area (Å²) in [6.07, 6.45) is 4.24. The van der Waals surface area contributed by atoms with E-state index in [0.717, 1.165) is 23.0 Å². The van der Waals surface area contributed by atoms with Gasteiger partial charge in [0.05, 0.1) is 11.9 Å². The number of nitrogens with zero attached hydrogens (tertiary/aromatic N) is 2. The Bertz CT molecular complexity index is 613. The molecule has 1 aliphatic rings. The van der Waals surface area contributed by atoms with E-state index in [9.17, 15) is 0 Å². The molecule has 0 aliphatic heterocycles. The molecule has 0 saturated carbocycles. The topological polar surface area (TPSA) is 29.9 Å². The van der Waals surface area contributed by atoms with Crippen molar-refractivity contribution in [3.05, 3.63) is 46.2 Å². The molecular weight excluding hydrogens is 314 g/mol. The third kappa shape index (κ3) is 2.42. The monoisotopic (exact) mass is 333 g/mol. The molecular formula is C16H20BrN3. The highest BCUT2D eigenvalue weighted by molar-refractivity contribution is 9.10. The molecule has 106 valence electrons. The maximum Gasteiger partial charge on any atom is 0.0649 e. The third-order valence-corrected chi connectivity index (χ3v) is 4.63. The highest BCUT2D eigenvalue weighted by atomic mass is 79.9. The zero-order valence-corrected chi connectivity index (χ0v) is 13.7. The summed E-state index contributed by atoms with van der Waals surface area (Å²) in [7, 11) is 2.03. The molecule has 0 spiro atoms. The Morgan fingerprint density at radius 3 is 2.65 bits per heavy atom. The fourth-order valence-electron chi connectivity index (χ4n) is 3.10. The van der Waals surface area contributed by atoms with E-state index in [4.69, 9.17) is 0 Å². The smallest absolute Gasteiger partial charge is 0.0649 e. The van der Waals surface area contributed by atoms with Gasteiger partial charge in [0.2, 0.25) is 0 Å². The minimum atomic E-state index is 0.299. The lowest BCUT2D eigenvalue weighted by Crippen LogP contribution is -2.32. The van der Waals surface area contributed by atoms with Gasteiger partial charge in [-0.2, -0.15) is 5.10 Å². The fraction of sp³-hybridized carbons (Fsp3) is 0.438. The zero-order chi connectivity index (χ0) is 14.3. The van der Waals surface area contributed by atoms with Gasteiger partial charge in [0.15, 0.2) is 0 Å². The lowest BCUT2D eigenvalue weighted by atomic mass is 9.74. The van der Waals surface area contributed by atoms with Crippen LogP contribution in [-0.4, -0.2) is 16.8 Å². The van der Waals surface area contributed by atoms with Crippen molar-refractivity contribution in [2.45, 2.75) is 32.7 Å². The molecule has 2 aromatic rings. The molecule has 4 heteroatoms. The van der Waals surface area contributed by atoms with Crippen molar-refractivity contribution in [1.82, 2.24) is 15.1 Å². The van der Waals surface area contributed by atoms with Crippen molar-refractivity contribution in [1.29, 1.82) is 0 Å². The lowest BCUT2D eigenvalue weighted by molar-refractivity contribution is 0.260. The van der Waals surface area contributed by atoms with Gasteiger partial charge in [-0.3, -0.25) is 0 Å². The molecule has 3 nitrogen and oxygen atoms in total. The van der Waals surface area contributed by atoms with Crippen LogP contribution in [0.4, 0.5) is 0 Å². The SMILES string of the molecule is CNC1CC(C)(C)Cc2c1cnn2-c1ccc(Br)cc1. The van der Waals surface area contributed by atoms with Gasteiger partial charge >= 0.3 is 0 Å².